The maximum atomic E-state index is 11.6. The zero-order valence-electron chi connectivity index (χ0n) is 11.5. The van der Waals surface area contributed by atoms with E-state index in [1.807, 2.05) is 6.92 Å². The van der Waals surface area contributed by atoms with Crippen LogP contribution in [-0.2, 0) is 14.3 Å². The Labute approximate surface area is 114 Å². The predicted octanol–water partition coefficient (Wildman–Crippen LogP) is 1.92. The van der Waals surface area contributed by atoms with E-state index in [1.54, 1.807) is 0 Å². The number of carbonyl (C=O) groups excluding carboxylic acids is 2. The quantitative estimate of drug-likeness (QED) is 0.745. The molecule has 0 unspecified atom stereocenters. The third-order valence-corrected chi connectivity index (χ3v) is 3.31. The molecular weight excluding hydrogens is 244 g/mol. The molecule has 0 heterocycles. The maximum absolute atomic E-state index is 11.6. The lowest BCUT2D eigenvalue weighted by Crippen LogP contribution is -2.29. The molecule has 1 N–H and O–H groups in total. The Hall–Kier alpha value is -1.57. The van der Waals surface area contributed by atoms with E-state index in [0.717, 1.165) is 25.7 Å². The topological polar surface area (TPSA) is 79.2 Å². The molecule has 0 aromatic carbocycles. The molecule has 19 heavy (non-hydrogen) atoms. The van der Waals surface area contributed by atoms with Crippen molar-refractivity contribution >= 4 is 11.9 Å². The van der Waals surface area contributed by atoms with Crippen LogP contribution >= 0.6 is 0 Å². The maximum Gasteiger partial charge on any atom is 0.306 e. The fraction of sp³-hybridized carbons (Fsp3) is 0.786. The van der Waals surface area contributed by atoms with Crippen molar-refractivity contribution in [2.75, 3.05) is 6.54 Å². The first-order valence-corrected chi connectivity index (χ1v) is 7.03. The van der Waals surface area contributed by atoms with Gasteiger partial charge in [0.05, 0.1) is 12.0 Å². The minimum absolute atomic E-state index is 0.0390. The lowest BCUT2D eigenvalue weighted by atomic mass is 9.87. The van der Waals surface area contributed by atoms with Crippen LogP contribution in [0.4, 0.5) is 0 Å². The van der Waals surface area contributed by atoms with Crippen molar-refractivity contribution in [3.63, 3.8) is 0 Å². The summed E-state index contributed by atoms with van der Waals surface area (Å²) in [6.07, 6.45) is 4.46. The first-order chi connectivity index (χ1) is 9.17. The Morgan fingerprint density at radius 3 is 2.74 bits per heavy atom. The third-order valence-electron chi connectivity index (χ3n) is 3.31. The van der Waals surface area contributed by atoms with Crippen LogP contribution in [0.2, 0.25) is 0 Å². The average Bonchev–Trinajstić information content (AvgIpc) is 2.39. The molecule has 0 radical (unpaired) electrons. The second-order valence-corrected chi connectivity index (χ2v) is 4.86. The van der Waals surface area contributed by atoms with Gasteiger partial charge >= 0.3 is 5.97 Å². The molecule has 5 heteroatoms. The molecule has 0 bridgehead atoms. The number of nitrogens with zero attached hydrogens (tertiary/aromatic N) is 1. The van der Waals surface area contributed by atoms with Crippen molar-refractivity contribution in [3.8, 4) is 6.07 Å². The zero-order valence-corrected chi connectivity index (χ0v) is 11.5. The average molecular weight is 266 g/mol. The van der Waals surface area contributed by atoms with Gasteiger partial charge in [-0.15, -0.1) is 0 Å². The second-order valence-electron chi connectivity index (χ2n) is 4.86. The van der Waals surface area contributed by atoms with E-state index in [9.17, 15) is 9.59 Å². The van der Waals surface area contributed by atoms with E-state index in [1.165, 1.54) is 0 Å². The minimum atomic E-state index is -0.295. The summed E-state index contributed by atoms with van der Waals surface area (Å²) in [5, 5.41) is 11.7. The molecule has 1 rings (SSSR count). The highest BCUT2D eigenvalue weighted by Gasteiger charge is 2.27. The Bertz CT molecular complexity index is 349. The SMILES string of the molecule is CCNC(=O)CCCC(=O)O[C@H]1CCCC[C@@H]1C#N. The zero-order chi connectivity index (χ0) is 14.1. The van der Waals surface area contributed by atoms with Gasteiger partial charge in [0, 0.05) is 19.4 Å². The van der Waals surface area contributed by atoms with Crippen LogP contribution in [0.15, 0.2) is 0 Å². The summed E-state index contributed by atoms with van der Waals surface area (Å²) >= 11 is 0. The van der Waals surface area contributed by atoms with Crippen LogP contribution in [-0.4, -0.2) is 24.5 Å². The van der Waals surface area contributed by atoms with Gasteiger partial charge in [0.25, 0.3) is 0 Å². The highest BCUT2D eigenvalue weighted by atomic mass is 16.5. The van der Waals surface area contributed by atoms with Gasteiger partial charge in [-0.05, 0) is 32.6 Å². The molecule has 0 aromatic heterocycles. The van der Waals surface area contributed by atoms with Gasteiger partial charge in [0.1, 0.15) is 6.10 Å². The van der Waals surface area contributed by atoms with Crippen molar-refractivity contribution in [3.05, 3.63) is 0 Å². The molecule has 1 fully saturated rings. The van der Waals surface area contributed by atoms with Crippen LogP contribution in [0.3, 0.4) is 0 Å². The summed E-state index contributed by atoms with van der Waals surface area (Å²) in [6, 6.07) is 2.21. The molecule has 1 amide bonds. The van der Waals surface area contributed by atoms with Crippen molar-refractivity contribution < 1.29 is 14.3 Å². The Kier molecular flexibility index (Phi) is 6.94. The second kappa shape index (κ2) is 8.52. The molecule has 0 aliphatic heterocycles. The van der Waals surface area contributed by atoms with Gasteiger partial charge in [-0.1, -0.05) is 6.42 Å². The summed E-state index contributed by atoms with van der Waals surface area (Å²) in [4.78, 5) is 22.9. The summed E-state index contributed by atoms with van der Waals surface area (Å²) < 4.78 is 5.34. The Morgan fingerprint density at radius 1 is 1.32 bits per heavy atom. The molecule has 0 spiro atoms. The highest BCUT2D eigenvalue weighted by molar-refractivity contribution is 5.76. The van der Waals surface area contributed by atoms with Gasteiger partial charge in [0.2, 0.25) is 5.91 Å². The summed E-state index contributed by atoms with van der Waals surface area (Å²) in [7, 11) is 0. The van der Waals surface area contributed by atoms with E-state index in [-0.39, 0.29) is 30.3 Å². The number of hydrogen-bond acceptors (Lipinski definition) is 4. The standard InChI is InChI=1S/C14H22N2O3/c1-2-16-13(17)8-5-9-14(18)19-12-7-4-3-6-11(12)10-15/h11-12H,2-9H2,1H3,(H,16,17)/t11-,12+/m1/s1. The van der Waals surface area contributed by atoms with Crippen molar-refractivity contribution in [2.45, 2.75) is 58.0 Å². The van der Waals surface area contributed by atoms with Gasteiger partial charge in [-0.2, -0.15) is 5.26 Å². The molecule has 2 atom stereocenters. The van der Waals surface area contributed by atoms with Gasteiger partial charge < -0.3 is 10.1 Å². The fourth-order valence-corrected chi connectivity index (χ4v) is 2.29. The number of carbonyl (C=O) groups is 2. The first kappa shape index (κ1) is 15.5. The highest BCUT2D eigenvalue weighted by Crippen LogP contribution is 2.26. The smallest absolute Gasteiger partial charge is 0.306 e. The van der Waals surface area contributed by atoms with Crippen LogP contribution in [0, 0.1) is 17.2 Å². The lowest BCUT2D eigenvalue weighted by molar-refractivity contribution is -0.152. The van der Waals surface area contributed by atoms with Crippen LogP contribution in [0.5, 0.6) is 0 Å². The number of esters is 1. The van der Waals surface area contributed by atoms with Crippen molar-refractivity contribution in [1.29, 1.82) is 5.26 Å². The van der Waals surface area contributed by atoms with Gasteiger partial charge in [-0.3, -0.25) is 9.59 Å². The van der Waals surface area contributed by atoms with Crippen LogP contribution in [0.25, 0.3) is 0 Å². The normalized spacial score (nSPS) is 22.3. The first-order valence-electron chi connectivity index (χ1n) is 7.03. The number of rotatable bonds is 6. The van der Waals surface area contributed by atoms with Crippen molar-refractivity contribution in [1.82, 2.24) is 5.32 Å². The molecule has 1 aliphatic rings. The van der Waals surface area contributed by atoms with Gasteiger partial charge in [-0.25, -0.2) is 0 Å². The Balaban J connectivity index is 2.23. The van der Waals surface area contributed by atoms with Crippen LogP contribution < -0.4 is 5.32 Å². The summed E-state index contributed by atoms with van der Waals surface area (Å²) in [5.41, 5.74) is 0. The largest absolute Gasteiger partial charge is 0.461 e. The van der Waals surface area contributed by atoms with E-state index < -0.39 is 0 Å². The molecule has 1 saturated carbocycles. The number of hydrogen-bond donors (Lipinski definition) is 1. The van der Waals surface area contributed by atoms with E-state index in [4.69, 9.17) is 10.00 Å². The van der Waals surface area contributed by atoms with Gasteiger partial charge in [0.15, 0.2) is 0 Å². The molecule has 0 aromatic rings. The molecule has 1 aliphatic carbocycles. The summed E-state index contributed by atoms with van der Waals surface area (Å²) in [6.45, 7) is 2.46. The number of ether oxygens (including phenoxy) is 1. The van der Waals surface area contributed by atoms with Crippen molar-refractivity contribution in [2.24, 2.45) is 5.92 Å². The van der Waals surface area contributed by atoms with E-state index >= 15 is 0 Å². The molecule has 5 nitrogen and oxygen atoms in total. The number of amides is 1. The van der Waals surface area contributed by atoms with E-state index in [2.05, 4.69) is 11.4 Å². The fourth-order valence-electron chi connectivity index (χ4n) is 2.29. The molecule has 0 saturated heterocycles. The minimum Gasteiger partial charge on any atom is -0.461 e. The lowest BCUT2D eigenvalue weighted by Gasteiger charge is -2.26. The number of nitrogens with one attached hydrogen (secondary N) is 1. The molecule has 106 valence electrons. The van der Waals surface area contributed by atoms with E-state index in [0.29, 0.717) is 19.4 Å². The molecular formula is C14H22N2O3. The Morgan fingerprint density at radius 2 is 2.05 bits per heavy atom. The third kappa shape index (κ3) is 5.73. The number of nitriles is 1. The monoisotopic (exact) mass is 266 g/mol. The predicted molar refractivity (Wildman–Crippen MR) is 70.0 cm³/mol. The summed E-state index contributed by atoms with van der Waals surface area (Å²) in [5.74, 6) is -0.500. The van der Waals surface area contributed by atoms with Crippen LogP contribution in [0.1, 0.15) is 51.9 Å².